The zero-order chi connectivity index (χ0) is 24.0. The topological polar surface area (TPSA) is 105 Å². The Hall–Kier alpha value is -3.82. The zero-order valence-corrected chi connectivity index (χ0v) is 19.0. The van der Waals surface area contributed by atoms with E-state index in [1.165, 1.54) is 16.1 Å². The molecule has 2 aromatic rings. The Morgan fingerprint density at radius 1 is 0.909 bits per heavy atom. The Morgan fingerprint density at radius 3 is 2.09 bits per heavy atom. The van der Waals surface area contributed by atoms with Gasteiger partial charge in [-0.1, -0.05) is 42.5 Å². The van der Waals surface area contributed by atoms with Crippen LogP contribution in [0.5, 0.6) is 0 Å². The van der Waals surface area contributed by atoms with Gasteiger partial charge in [-0.3, -0.25) is 10.1 Å². The number of amides is 2. The van der Waals surface area contributed by atoms with E-state index in [0.29, 0.717) is 5.69 Å². The lowest BCUT2D eigenvalue weighted by atomic mass is 10.2. The summed E-state index contributed by atoms with van der Waals surface area (Å²) in [4.78, 5) is 38.7. The summed E-state index contributed by atoms with van der Waals surface area (Å²) in [5.74, 6) is 0. The van der Waals surface area contributed by atoms with Crippen LogP contribution >= 0.6 is 0 Å². The second-order valence-corrected chi connectivity index (χ2v) is 8.50. The minimum absolute atomic E-state index is 0.0403. The Morgan fingerprint density at radius 2 is 1.48 bits per heavy atom. The number of ether oxygens (including phenoxy) is 2. The average Bonchev–Trinajstić information content (AvgIpc) is 3.00. The van der Waals surface area contributed by atoms with Crippen LogP contribution in [0.2, 0.25) is 0 Å². The fraction of sp³-hybridized carbons (Fsp3) is 0.391. The summed E-state index contributed by atoms with van der Waals surface area (Å²) >= 11 is 0. The van der Waals surface area contributed by atoms with Gasteiger partial charge in [0.25, 0.3) is 5.69 Å². The van der Waals surface area contributed by atoms with Crippen molar-refractivity contribution in [2.24, 2.45) is 0 Å². The van der Waals surface area contributed by atoms with Crippen molar-refractivity contribution in [2.45, 2.75) is 33.0 Å². The van der Waals surface area contributed by atoms with Gasteiger partial charge in [-0.15, -0.1) is 0 Å². The van der Waals surface area contributed by atoms with Crippen molar-refractivity contribution in [3.8, 4) is 0 Å². The summed E-state index contributed by atoms with van der Waals surface area (Å²) in [5.41, 5.74) is 0.430. The number of carbonyl (C=O) groups is 2. The van der Waals surface area contributed by atoms with E-state index in [0.717, 1.165) is 5.56 Å². The van der Waals surface area contributed by atoms with E-state index in [1.807, 2.05) is 30.3 Å². The van der Waals surface area contributed by atoms with Gasteiger partial charge in [0.05, 0.1) is 18.0 Å². The molecule has 1 aliphatic rings. The van der Waals surface area contributed by atoms with Crippen LogP contribution in [0.1, 0.15) is 26.3 Å². The molecule has 1 heterocycles. The van der Waals surface area contributed by atoms with Crippen LogP contribution in [0.25, 0.3) is 0 Å². The van der Waals surface area contributed by atoms with Crippen LogP contribution in [-0.2, 0) is 16.1 Å². The maximum Gasteiger partial charge on any atom is 0.429 e. The molecule has 0 unspecified atom stereocenters. The smallest absolute Gasteiger partial charge is 0.429 e. The number of hydrogen-bond donors (Lipinski definition) is 0. The lowest BCUT2D eigenvalue weighted by Gasteiger charge is -2.33. The highest BCUT2D eigenvalue weighted by atomic mass is 16.6. The fourth-order valence-corrected chi connectivity index (χ4v) is 3.40. The number of nitro benzene ring substituents is 1. The molecule has 0 bridgehead atoms. The van der Waals surface area contributed by atoms with Gasteiger partial charge in [-0.2, -0.15) is 0 Å². The number of nitro groups is 1. The third-order valence-electron chi connectivity index (χ3n) is 4.89. The molecule has 33 heavy (non-hydrogen) atoms. The summed E-state index contributed by atoms with van der Waals surface area (Å²) in [5, 5.41) is 13.9. The summed E-state index contributed by atoms with van der Waals surface area (Å²) in [7, 11) is 0. The lowest BCUT2D eigenvalue weighted by molar-refractivity contribution is -0.384. The van der Waals surface area contributed by atoms with Crippen molar-refractivity contribution in [3.05, 3.63) is 70.3 Å². The molecule has 2 aromatic carbocycles. The van der Waals surface area contributed by atoms with Gasteiger partial charge in [-0.05, 0) is 32.4 Å². The third-order valence-corrected chi connectivity index (χ3v) is 4.89. The number of anilines is 1. The molecule has 1 fully saturated rings. The number of para-hydroxylation sites is 2. The molecular weight excluding hydrogens is 428 g/mol. The quantitative estimate of drug-likeness (QED) is 0.501. The zero-order valence-electron chi connectivity index (χ0n) is 19.0. The molecule has 10 heteroatoms. The second kappa shape index (κ2) is 10.2. The molecule has 3 rings (SSSR count). The molecule has 0 N–H and O–H groups in total. The van der Waals surface area contributed by atoms with Gasteiger partial charge in [0.1, 0.15) is 17.9 Å². The fourth-order valence-electron chi connectivity index (χ4n) is 3.40. The molecule has 2 amide bonds. The Bertz CT molecular complexity index is 992. The van der Waals surface area contributed by atoms with Gasteiger partial charge in [0.2, 0.25) is 0 Å². The first kappa shape index (κ1) is 23.8. The molecule has 0 spiro atoms. The minimum atomic E-state index is -0.763. The molecule has 0 aromatic heterocycles. The first-order chi connectivity index (χ1) is 15.7. The van der Waals surface area contributed by atoms with Gasteiger partial charge in [0, 0.05) is 19.2 Å². The monoisotopic (exact) mass is 456 g/mol. The largest absolute Gasteiger partial charge is 0.443 e. The van der Waals surface area contributed by atoms with Gasteiger partial charge >= 0.3 is 12.2 Å². The van der Waals surface area contributed by atoms with Gasteiger partial charge in [-0.25, -0.2) is 19.6 Å². The highest BCUT2D eigenvalue weighted by Gasteiger charge is 2.34. The van der Waals surface area contributed by atoms with Crippen molar-refractivity contribution in [1.29, 1.82) is 0 Å². The molecule has 1 saturated heterocycles. The van der Waals surface area contributed by atoms with Crippen molar-refractivity contribution >= 4 is 23.6 Å². The molecule has 0 aliphatic carbocycles. The van der Waals surface area contributed by atoms with Crippen molar-refractivity contribution in [2.75, 3.05) is 31.1 Å². The molecule has 176 valence electrons. The standard InChI is InChI=1S/C23H28N4O6/c1-23(2,3)33-22(29)26-16-14-24(19-11-7-8-12-20(19)27(30)31)13-15-25(26)21(28)32-17-18-9-5-4-6-10-18/h4-12H,13-17H2,1-3H3. The lowest BCUT2D eigenvalue weighted by Crippen LogP contribution is -2.52. The van der Waals surface area contributed by atoms with Crippen LogP contribution in [0.4, 0.5) is 21.0 Å². The van der Waals surface area contributed by atoms with E-state index in [1.54, 1.807) is 43.9 Å². The van der Waals surface area contributed by atoms with E-state index in [4.69, 9.17) is 9.47 Å². The van der Waals surface area contributed by atoms with Crippen molar-refractivity contribution < 1.29 is 24.0 Å². The Labute approximate surface area is 192 Å². The maximum absolute atomic E-state index is 13.0. The van der Waals surface area contributed by atoms with Crippen LogP contribution in [0.3, 0.4) is 0 Å². The highest BCUT2D eigenvalue weighted by Crippen LogP contribution is 2.28. The molecular formula is C23H28N4O6. The summed E-state index contributed by atoms with van der Waals surface area (Å²) in [6.45, 7) is 5.96. The van der Waals surface area contributed by atoms with Crippen molar-refractivity contribution in [3.63, 3.8) is 0 Å². The number of carbonyl (C=O) groups excluding carboxylic acids is 2. The predicted molar refractivity (Wildman–Crippen MR) is 122 cm³/mol. The van der Waals surface area contributed by atoms with E-state index in [-0.39, 0.29) is 38.5 Å². The molecule has 0 saturated carbocycles. The normalized spacial score (nSPS) is 14.5. The first-order valence-corrected chi connectivity index (χ1v) is 10.6. The van der Waals surface area contributed by atoms with Gasteiger partial charge in [0.15, 0.2) is 0 Å². The van der Waals surface area contributed by atoms with E-state index < -0.39 is 22.7 Å². The van der Waals surface area contributed by atoms with Crippen LogP contribution in [0.15, 0.2) is 54.6 Å². The van der Waals surface area contributed by atoms with E-state index >= 15 is 0 Å². The number of rotatable bonds is 4. The molecule has 1 aliphatic heterocycles. The van der Waals surface area contributed by atoms with Crippen LogP contribution in [-0.4, -0.2) is 58.9 Å². The van der Waals surface area contributed by atoms with E-state index in [2.05, 4.69) is 0 Å². The van der Waals surface area contributed by atoms with Gasteiger partial charge < -0.3 is 14.4 Å². The average molecular weight is 456 g/mol. The Balaban J connectivity index is 1.81. The Kier molecular flexibility index (Phi) is 7.37. The number of hydrogen-bond acceptors (Lipinski definition) is 7. The second-order valence-electron chi connectivity index (χ2n) is 8.50. The molecule has 0 atom stereocenters. The predicted octanol–water partition coefficient (Wildman–Crippen LogP) is 4.21. The van der Waals surface area contributed by atoms with Crippen LogP contribution < -0.4 is 4.90 Å². The number of nitrogens with zero attached hydrogens (tertiary/aromatic N) is 4. The molecule has 0 radical (unpaired) electrons. The highest BCUT2D eigenvalue weighted by molar-refractivity contribution is 5.75. The van der Waals surface area contributed by atoms with E-state index in [9.17, 15) is 19.7 Å². The third kappa shape index (κ3) is 6.34. The maximum atomic E-state index is 13.0. The summed E-state index contributed by atoms with van der Waals surface area (Å²) in [6, 6.07) is 15.6. The number of benzene rings is 2. The summed E-state index contributed by atoms with van der Waals surface area (Å²) in [6.07, 6.45) is -1.39. The SMILES string of the molecule is CC(C)(C)OC(=O)N1CCN(c2ccccc2[N+](=O)[O-])CCN1C(=O)OCc1ccccc1. The number of hydrazine groups is 1. The molecule has 10 nitrogen and oxygen atoms in total. The summed E-state index contributed by atoms with van der Waals surface area (Å²) < 4.78 is 10.9. The minimum Gasteiger partial charge on any atom is -0.443 e. The van der Waals surface area contributed by atoms with Crippen molar-refractivity contribution in [1.82, 2.24) is 10.0 Å². The van der Waals surface area contributed by atoms with Crippen LogP contribution in [0, 0.1) is 10.1 Å². The first-order valence-electron chi connectivity index (χ1n) is 10.6.